The Balaban J connectivity index is 2.30. The number of hydrogen-bond acceptors (Lipinski definition) is 4. The number of rotatable bonds is 4. The third-order valence-corrected chi connectivity index (χ3v) is 3.72. The topological polar surface area (TPSA) is 80.4 Å². The van der Waals surface area contributed by atoms with E-state index in [-0.39, 0.29) is 23.7 Å². The molecule has 1 fully saturated rings. The van der Waals surface area contributed by atoms with Crippen LogP contribution in [0.5, 0.6) is 0 Å². The summed E-state index contributed by atoms with van der Waals surface area (Å²) in [6, 6.07) is 1.51. The molecule has 1 aromatic heterocycles. The second-order valence-electron chi connectivity index (χ2n) is 5.40. The molecule has 1 amide bonds. The van der Waals surface area contributed by atoms with Crippen molar-refractivity contribution in [1.82, 2.24) is 14.8 Å². The number of nitro groups is 1. The molecule has 0 bridgehead atoms. The van der Waals surface area contributed by atoms with E-state index in [1.165, 1.54) is 12.3 Å². The van der Waals surface area contributed by atoms with Crippen LogP contribution in [0.15, 0.2) is 12.3 Å². The van der Waals surface area contributed by atoms with Gasteiger partial charge in [-0.2, -0.15) is 0 Å². The Morgan fingerprint density at radius 1 is 1.60 bits per heavy atom. The molecule has 1 atom stereocenters. The minimum absolute atomic E-state index is 0.00208. The van der Waals surface area contributed by atoms with Gasteiger partial charge in [0.25, 0.3) is 11.6 Å². The Morgan fingerprint density at radius 2 is 2.30 bits per heavy atom. The molecule has 1 N–H and O–H groups in total. The molecule has 0 aliphatic carbocycles. The number of likely N-dealkylation sites (N-methyl/N-ethyl adjacent to an activating group) is 1. The normalized spacial score (nSPS) is 18.5. The van der Waals surface area contributed by atoms with Crippen LogP contribution in [0.4, 0.5) is 5.69 Å². The number of aromatic nitrogens is 1. The maximum absolute atomic E-state index is 12.5. The SMILES string of the molecule is CC(C)n1cc([N+](=O)[O-])cc1C(=O)N(C)C1CCNC1. The molecule has 1 unspecified atom stereocenters. The highest BCUT2D eigenvalue weighted by atomic mass is 16.6. The van der Waals surface area contributed by atoms with Crippen LogP contribution in [0.3, 0.4) is 0 Å². The summed E-state index contributed by atoms with van der Waals surface area (Å²) in [5, 5.41) is 14.1. The van der Waals surface area contributed by atoms with Crippen molar-refractivity contribution in [2.45, 2.75) is 32.4 Å². The summed E-state index contributed by atoms with van der Waals surface area (Å²) in [6.45, 7) is 5.47. The van der Waals surface area contributed by atoms with Gasteiger partial charge in [-0.05, 0) is 26.8 Å². The molecule has 2 rings (SSSR count). The zero-order valence-electron chi connectivity index (χ0n) is 12.0. The summed E-state index contributed by atoms with van der Waals surface area (Å²) in [5.74, 6) is -0.166. The minimum Gasteiger partial charge on any atom is -0.336 e. The number of carbonyl (C=O) groups excluding carboxylic acids is 1. The van der Waals surface area contributed by atoms with Crippen LogP contribution in [0, 0.1) is 10.1 Å². The van der Waals surface area contributed by atoms with Crippen LogP contribution in [0.25, 0.3) is 0 Å². The van der Waals surface area contributed by atoms with Crippen molar-refractivity contribution in [2.24, 2.45) is 0 Å². The van der Waals surface area contributed by atoms with Gasteiger partial charge in [0.05, 0.1) is 11.1 Å². The molecule has 7 heteroatoms. The van der Waals surface area contributed by atoms with E-state index in [4.69, 9.17) is 0 Å². The number of nitrogens with zero attached hydrogens (tertiary/aromatic N) is 3. The molecule has 1 saturated heterocycles. The third-order valence-electron chi connectivity index (χ3n) is 3.72. The van der Waals surface area contributed by atoms with Gasteiger partial charge in [0.2, 0.25) is 0 Å². The molecule has 0 aromatic carbocycles. The molecular formula is C13H20N4O3. The second kappa shape index (κ2) is 5.62. The van der Waals surface area contributed by atoms with Crippen LogP contribution < -0.4 is 5.32 Å². The Hall–Kier alpha value is -1.89. The standard InChI is InChI=1S/C13H20N4O3/c1-9(2)16-8-11(17(19)20)6-12(16)13(18)15(3)10-4-5-14-7-10/h6,8-10,14H,4-5,7H2,1-3H3. The van der Waals surface area contributed by atoms with E-state index in [1.54, 1.807) is 16.5 Å². The van der Waals surface area contributed by atoms with Gasteiger partial charge < -0.3 is 14.8 Å². The fraction of sp³-hybridized carbons (Fsp3) is 0.615. The molecule has 7 nitrogen and oxygen atoms in total. The zero-order valence-corrected chi connectivity index (χ0v) is 12.0. The van der Waals surface area contributed by atoms with Crippen LogP contribution in [-0.2, 0) is 0 Å². The fourth-order valence-electron chi connectivity index (χ4n) is 2.48. The van der Waals surface area contributed by atoms with Crippen molar-refractivity contribution < 1.29 is 9.72 Å². The largest absolute Gasteiger partial charge is 0.336 e. The molecule has 0 saturated carbocycles. The molecule has 0 spiro atoms. The Kier molecular flexibility index (Phi) is 4.08. The Labute approximate surface area is 117 Å². The molecule has 1 aliphatic heterocycles. The molecule has 1 aromatic rings. The lowest BCUT2D eigenvalue weighted by atomic mass is 10.2. The van der Waals surface area contributed by atoms with Gasteiger partial charge in [-0.3, -0.25) is 14.9 Å². The number of nitrogens with one attached hydrogen (secondary N) is 1. The van der Waals surface area contributed by atoms with Crippen molar-refractivity contribution in [2.75, 3.05) is 20.1 Å². The Bertz CT molecular complexity index is 518. The quantitative estimate of drug-likeness (QED) is 0.668. The van der Waals surface area contributed by atoms with Crippen LogP contribution in [0.1, 0.15) is 36.8 Å². The van der Waals surface area contributed by atoms with Gasteiger partial charge >= 0.3 is 0 Å². The van der Waals surface area contributed by atoms with E-state index >= 15 is 0 Å². The molecule has 0 radical (unpaired) electrons. The van der Waals surface area contributed by atoms with Gasteiger partial charge in [-0.15, -0.1) is 0 Å². The van der Waals surface area contributed by atoms with Gasteiger partial charge in [0.1, 0.15) is 5.69 Å². The van der Waals surface area contributed by atoms with Crippen molar-refractivity contribution in [1.29, 1.82) is 0 Å². The summed E-state index contributed by atoms with van der Waals surface area (Å²) in [4.78, 5) is 24.7. The van der Waals surface area contributed by atoms with Crippen molar-refractivity contribution in [3.8, 4) is 0 Å². The average molecular weight is 280 g/mol. The van der Waals surface area contributed by atoms with Crippen molar-refractivity contribution in [3.05, 3.63) is 28.1 Å². The first-order valence-corrected chi connectivity index (χ1v) is 6.76. The molecule has 110 valence electrons. The van der Waals surface area contributed by atoms with Gasteiger partial charge in [0, 0.05) is 31.7 Å². The van der Waals surface area contributed by atoms with E-state index < -0.39 is 4.92 Å². The van der Waals surface area contributed by atoms with E-state index in [1.807, 2.05) is 13.8 Å². The zero-order chi connectivity index (χ0) is 14.9. The summed E-state index contributed by atoms with van der Waals surface area (Å²) < 4.78 is 1.67. The maximum Gasteiger partial charge on any atom is 0.287 e. The molecular weight excluding hydrogens is 260 g/mol. The van der Waals surface area contributed by atoms with E-state index in [0.29, 0.717) is 5.69 Å². The van der Waals surface area contributed by atoms with Gasteiger partial charge in [-0.25, -0.2) is 0 Å². The van der Waals surface area contributed by atoms with Crippen LogP contribution in [0.2, 0.25) is 0 Å². The number of amides is 1. The summed E-state index contributed by atoms with van der Waals surface area (Å²) >= 11 is 0. The number of carbonyl (C=O) groups is 1. The first kappa shape index (κ1) is 14.5. The summed E-state index contributed by atoms with van der Waals surface area (Å²) in [6.07, 6.45) is 2.34. The Morgan fingerprint density at radius 3 is 2.80 bits per heavy atom. The van der Waals surface area contributed by atoms with E-state index in [2.05, 4.69) is 5.32 Å². The van der Waals surface area contributed by atoms with Gasteiger partial charge in [0.15, 0.2) is 0 Å². The fourth-order valence-corrected chi connectivity index (χ4v) is 2.48. The third kappa shape index (κ3) is 2.67. The highest BCUT2D eigenvalue weighted by Crippen LogP contribution is 2.22. The predicted octanol–water partition coefficient (Wildman–Crippen LogP) is 1.41. The maximum atomic E-state index is 12.5. The average Bonchev–Trinajstić information content (AvgIpc) is 3.05. The summed E-state index contributed by atoms with van der Waals surface area (Å²) in [5.41, 5.74) is 0.334. The van der Waals surface area contributed by atoms with Gasteiger partial charge in [-0.1, -0.05) is 0 Å². The highest BCUT2D eigenvalue weighted by molar-refractivity contribution is 5.93. The highest BCUT2D eigenvalue weighted by Gasteiger charge is 2.28. The first-order valence-electron chi connectivity index (χ1n) is 6.76. The predicted molar refractivity (Wildman–Crippen MR) is 74.8 cm³/mol. The lowest BCUT2D eigenvalue weighted by Crippen LogP contribution is -2.39. The summed E-state index contributed by atoms with van der Waals surface area (Å²) in [7, 11) is 1.75. The monoisotopic (exact) mass is 280 g/mol. The molecule has 20 heavy (non-hydrogen) atoms. The number of hydrogen-bond donors (Lipinski definition) is 1. The van der Waals surface area contributed by atoms with Crippen molar-refractivity contribution in [3.63, 3.8) is 0 Å². The minimum atomic E-state index is -0.465. The lowest BCUT2D eigenvalue weighted by molar-refractivity contribution is -0.384. The van der Waals surface area contributed by atoms with Crippen molar-refractivity contribution >= 4 is 11.6 Å². The van der Waals surface area contributed by atoms with E-state index in [0.717, 1.165) is 19.5 Å². The second-order valence-corrected chi connectivity index (χ2v) is 5.40. The van der Waals surface area contributed by atoms with Crippen LogP contribution >= 0.6 is 0 Å². The molecule has 2 heterocycles. The molecule has 1 aliphatic rings. The van der Waals surface area contributed by atoms with Crippen LogP contribution in [-0.4, -0.2) is 46.5 Å². The van der Waals surface area contributed by atoms with E-state index in [9.17, 15) is 14.9 Å². The smallest absolute Gasteiger partial charge is 0.287 e. The lowest BCUT2D eigenvalue weighted by Gasteiger charge is -2.24. The first-order chi connectivity index (χ1) is 9.41.